The van der Waals surface area contributed by atoms with E-state index in [1.165, 1.54) is 33.5 Å². The van der Waals surface area contributed by atoms with Crippen LogP contribution in [0.2, 0.25) is 5.02 Å². The van der Waals surface area contributed by atoms with Gasteiger partial charge in [0.25, 0.3) is 0 Å². The smallest absolute Gasteiger partial charge is 0.246 e. The first-order valence-electron chi connectivity index (χ1n) is 24.8. The summed E-state index contributed by atoms with van der Waals surface area (Å²) in [4.78, 5) is 63.1. The number of halogens is 2. The number of anilines is 1. The number of likely N-dealkylation sites (tertiary alicyclic amines) is 1. The molecule has 16 nitrogen and oxygen atoms in total. The Labute approximate surface area is 448 Å². The lowest BCUT2D eigenvalue weighted by atomic mass is 9.85. The number of ether oxygens (including phenoxy) is 3. The van der Waals surface area contributed by atoms with Gasteiger partial charge in [0.1, 0.15) is 42.2 Å². The second-order valence-corrected chi connectivity index (χ2v) is 22.3. The van der Waals surface area contributed by atoms with Crippen LogP contribution in [0.3, 0.4) is 0 Å². The highest BCUT2D eigenvalue weighted by Gasteiger charge is 2.44. The molecule has 0 bridgehead atoms. The van der Waals surface area contributed by atoms with E-state index < -0.39 is 47.3 Å². The van der Waals surface area contributed by atoms with Gasteiger partial charge < -0.3 is 40.2 Å². The fourth-order valence-corrected chi connectivity index (χ4v) is 11.3. The summed E-state index contributed by atoms with van der Waals surface area (Å²) in [6, 6.07) is 18.9. The molecule has 4 amide bonds. The number of aliphatic hydroxyl groups excluding tert-OH is 1. The number of carbonyl (C=O) groups excluding carboxylic acids is 4. The summed E-state index contributed by atoms with van der Waals surface area (Å²) in [5.74, 6) is -1.21. The van der Waals surface area contributed by atoms with Gasteiger partial charge in [-0.3, -0.25) is 28.7 Å². The van der Waals surface area contributed by atoms with Gasteiger partial charge >= 0.3 is 0 Å². The fourth-order valence-electron chi connectivity index (χ4n) is 9.02. The summed E-state index contributed by atoms with van der Waals surface area (Å²) in [6.45, 7) is 14.0. The molecule has 0 saturated carbocycles. The zero-order valence-corrected chi connectivity index (χ0v) is 45.4. The van der Waals surface area contributed by atoms with Crippen molar-refractivity contribution in [3.63, 3.8) is 0 Å². The number of nitrogens with one attached hydrogen (secondary N) is 3. The lowest BCUT2D eigenvalue weighted by molar-refractivity contribution is -0.144. The molecule has 3 aromatic heterocycles. The van der Waals surface area contributed by atoms with E-state index >= 15 is 0 Å². The van der Waals surface area contributed by atoms with Crippen LogP contribution in [0.1, 0.15) is 90.4 Å². The van der Waals surface area contributed by atoms with Crippen LogP contribution in [-0.4, -0.2) is 112 Å². The van der Waals surface area contributed by atoms with E-state index in [0.29, 0.717) is 28.8 Å². The first-order valence-corrected chi connectivity index (χ1v) is 26.9. The molecular formula is C55H62ClFN8O8S2. The molecule has 0 aliphatic carbocycles. The maximum atomic E-state index is 14.9. The van der Waals surface area contributed by atoms with Crippen LogP contribution in [0.15, 0.2) is 83.2 Å². The van der Waals surface area contributed by atoms with Crippen LogP contribution in [0.5, 0.6) is 5.75 Å². The molecular weight excluding hydrogens is 1020 g/mol. The first-order chi connectivity index (χ1) is 35.9. The Bertz CT molecular complexity index is 3060. The van der Waals surface area contributed by atoms with Gasteiger partial charge in [-0.2, -0.15) is 0 Å². The summed E-state index contributed by atoms with van der Waals surface area (Å²) in [5.41, 5.74) is 6.38. The summed E-state index contributed by atoms with van der Waals surface area (Å²) in [7, 11) is 0. The summed E-state index contributed by atoms with van der Waals surface area (Å²) < 4.78 is 33.8. The lowest BCUT2D eigenvalue weighted by Crippen LogP contribution is -2.58. The van der Waals surface area contributed by atoms with Crippen LogP contribution in [-0.2, 0) is 35.2 Å². The van der Waals surface area contributed by atoms with Crippen molar-refractivity contribution in [3.8, 4) is 21.2 Å². The highest BCUT2D eigenvalue weighted by atomic mass is 35.5. The lowest BCUT2D eigenvalue weighted by Gasteiger charge is -2.35. The van der Waals surface area contributed by atoms with Crippen molar-refractivity contribution in [2.24, 2.45) is 10.4 Å². The van der Waals surface area contributed by atoms with Crippen molar-refractivity contribution in [2.45, 2.75) is 98.5 Å². The maximum Gasteiger partial charge on any atom is 0.246 e. The van der Waals surface area contributed by atoms with E-state index in [9.17, 15) is 28.7 Å². The van der Waals surface area contributed by atoms with Crippen molar-refractivity contribution < 1.29 is 42.9 Å². The minimum atomic E-state index is -0.999. The number of nitrogens with zero attached hydrogens (tertiary/aromatic N) is 5. The predicted octanol–water partition coefficient (Wildman–Crippen LogP) is 8.62. The predicted molar refractivity (Wildman–Crippen MR) is 289 cm³/mol. The summed E-state index contributed by atoms with van der Waals surface area (Å²) in [6.07, 6.45) is -0.456. The maximum absolute atomic E-state index is 14.9. The monoisotopic (exact) mass is 1080 g/mol. The number of fused-ring (bicyclic) bond motifs is 3. The van der Waals surface area contributed by atoms with Crippen LogP contribution in [0.25, 0.3) is 15.4 Å². The Hall–Kier alpha value is -6.35. The minimum Gasteiger partial charge on any atom is -0.488 e. The fraction of sp³-hybridized carbons (Fsp3) is 0.400. The van der Waals surface area contributed by atoms with E-state index in [-0.39, 0.29) is 76.5 Å². The molecule has 6 aromatic rings. The van der Waals surface area contributed by atoms with Gasteiger partial charge in [-0.05, 0) is 97.5 Å². The summed E-state index contributed by atoms with van der Waals surface area (Å²) >= 11 is 9.54. The van der Waals surface area contributed by atoms with Crippen molar-refractivity contribution in [1.82, 2.24) is 30.3 Å². The zero-order valence-electron chi connectivity index (χ0n) is 43.0. The molecule has 75 heavy (non-hydrogen) atoms. The Morgan fingerprint density at radius 2 is 1.64 bits per heavy atom. The van der Waals surface area contributed by atoms with Gasteiger partial charge in [-0.25, -0.2) is 4.39 Å². The van der Waals surface area contributed by atoms with Crippen molar-refractivity contribution in [3.05, 3.63) is 133 Å². The average Bonchev–Trinajstić information content (AvgIpc) is 4.14. The van der Waals surface area contributed by atoms with E-state index in [4.69, 9.17) is 30.8 Å². The number of amides is 4. The number of aliphatic hydroxyl groups is 1. The Morgan fingerprint density at radius 1 is 0.907 bits per heavy atom. The molecule has 2 aliphatic heterocycles. The quantitative estimate of drug-likeness (QED) is 0.0537. The number of aliphatic imine (C=N–C) groups is 1. The van der Waals surface area contributed by atoms with Crippen molar-refractivity contribution in [1.29, 1.82) is 0 Å². The standard InChI is InChI=1S/C55H62ClFN8O8S2/c1-31-19-24-74-49(31)37-11-9-35(10-12-37)28-58-52(69)43-26-40(66)29-64(43)53(70)50(55(5,6)7)61-46(68)30-72-21-8-20-71-22-23-73-44-25-39(17-18-41(44)57)59-45(67)27-42-51-63-62-34(4)65(51)54-47(32(2)33(3)75-54)48(60-42)36-13-15-38(56)16-14-36/h9-19,24-25,40,42-43,50,66H,8,20-23,26-30H2,1-7H3,(H,58,69)(H,59,67)(H,61,68)/t40-,42?,43+,50-/m1/s1. The zero-order chi connectivity index (χ0) is 53.6. The van der Waals surface area contributed by atoms with E-state index in [1.807, 2.05) is 80.8 Å². The molecule has 4 N–H and O–H groups in total. The normalized spacial score (nSPS) is 16.6. The molecule has 0 radical (unpaired) electrons. The van der Waals surface area contributed by atoms with E-state index in [2.05, 4.69) is 58.4 Å². The molecule has 1 unspecified atom stereocenters. The topological polar surface area (TPSA) is 199 Å². The van der Waals surface area contributed by atoms with Gasteiger partial charge in [-0.1, -0.05) is 68.8 Å². The molecule has 5 heterocycles. The van der Waals surface area contributed by atoms with Gasteiger partial charge in [0.15, 0.2) is 17.4 Å². The van der Waals surface area contributed by atoms with E-state index in [1.54, 1.807) is 22.7 Å². The molecule has 8 rings (SSSR count). The highest BCUT2D eigenvalue weighted by molar-refractivity contribution is 7.15. The third-order valence-corrected chi connectivity index (χ3v) is 15.6. The largest absolute Gasteiger partial charge is 0.488 e. The molecule has 20 heteroatoms. The molecule has 2 aliphatic rings. The number of β-amino-alcohol motifs (C(OH)–C–C–N with tert-alkyl or cyclic N) is 1. The Morgan fingerprint density at radius 3 is 2.36 bits per heavy atom. The Balaban J connectivity index is 0.763. The van der Waals surface area contributed by atoms with Gasteiger partial charge in [0.05, 0.1) is 24.8 Å². The third kappa shape index (κ3) is 13.2. The minimum absolute atomic E-state index is 0.0164. The number of benzene rings is 3. The number of rotatable bonds is 20. The molecule has 3 aromatic carbocycles. The van der Waals surface area contributed by atoms with Crippen molar-refractivity contribution in [2.75, 3.05) is 44.9 Å². The van der Waals surface area contributed by atoms with Crippen molar-refractivity contribution >= 4 is 69.3 Å². The molecule has 1 saturated heterocycles. The van der Waals surface area contributed by atoms with Gasteiger partial charge in [0.2, 0.25) is 23.6 Å². The number of thiophene rings is 2. The molecule has 1 fully saturated rings. The molecule has 4 atom stereocenters. The SMILES string of the molecule is Cc1ccsc1-c1ccc(CNC(=O)[C@@H]2C[C@@H](O)CN2C(=O)[C@@H](NC(=O)COCCCOCCOc2cc(NC(=O)CC3N=C(c4ccc(Cl)cc4)c4c(sc(C)c4C)-n4c(C)nnc43)ccc2F)C(C)(C)C)cc1. The first kappa shape index (κ1) is 54.9. The van der Waals surface area contributed by atoms with Crippen LogP contribution >= 0.6 is 34.3 Å². The number of aromatic nitrogens is 3. The van der Waals surface area contributed by atoms with Gasteiger partial charge in [0, 0.05) is 70.4 Å². The molecule has 0 spiro atoms. The Kier molecular flexibility index (Phi) is 17.6. The van der Waals surface area contributed by atoms with Crippen LogP contribution < -0.4 is 20.7 Å². The summed E-state index contributed by atoms with van der Waals surface area (Å²) in [5, 5.41) is 31.6. The van der Waals surface area contributed by atoms with Crippen LogP contribution in [0, 0.1) is 38.9 Å². The number of aryl methyl sites for hydroxylation is 3. The number of hydrogen-bond acceptors (Lipinski definition) is 13. The van der Waals surface area contributed by atoms with Gasteiger partial charge in [-0.15, -0.1) is 32.9 Å². The molecule has 396 valence electrons. The van der Waals surface area contributed by atoms with E-state index in [0.717, 1.165) is 43.4 Å². The second kappa shape index (κ2) is 24.1. The van der Waals surface area contributed by atoms with Crippen LogP contribution in [0.4, 0.5) is 10.1 Å². The number of hydrogen-bond donors (Lipinski definition) is 4. The third-order valence-electron chi connectivity index (χ3n) is 13.1. The number of carbonyl (C=O) groups is 4. The highest BCUT2D eigenvalue weighted by Crippen LogP contribution is 2.40. The average molecular weight is 1080 g/mol. The second-order valence-electron chi connectivity index (χ2n) is 19.8.